The number of pyridine rings is 1. The van der Waals surface area contributed by atoms with E-state index in [4.69, 9.17) is 4.74 Å². The predicted molar refractivity (Wildman–Crippen MR) is 62.7 cm³/mol. The van der Waals surface area contributed by atoms with E-state index >= 15 is 0 Å². The maximum absolute atomic E-state index is 5.41. The minimum atomic E-state index is 0.791. The number of aryl methyl sites for hydroxylation is 1. The summed E-state index contributed by atoms with van der Waals surface area (Å²) in [4.78, 5) is 5.67. The molecule has 0 fully saturated rings. The Morgan fingerprint density at radius 1 is 1.69 bits per heavy atom. The summed E-state index contributed by atoms with van der Waals surface area (Å²) in [6.45, 7) is 2.95. The Hall–Kier alpha value is 0.0300. The zero-order chi connectivity index (χ0) is 9.26. The van der Waals surface area contributed by atoms with Gasteiger partial charge < -0.3 is 4.74 Å². The Kier molecular flexibility index (Phi) is 2.98. The maximum atomic E-state index is 5.41. The van der Waals surface area contributed by atoms with Crippen LogP contribution in [0, 0.1) is 0 Å². The molecular formula is C9H10INOS. The fraction of sp³-hybridized carbons (Fsp3) is 0.444. The number of ether oxygens (including phenoxy) is 1. The molecule has 0 aromatic carbocycles. The highest BCUT2D eigenvalue weighted by Crippen LogP contribution is 2.38. The lowest BCUT2D eigenvalue weighted by molar-refractivity contribution is 0.344. The molecule has 0 saturated heterocycles. The molecule has 2 rings (SSSR count). The molecule has 4 heteroatoms. The van der Waals surface area contributed by atoms with Crippen LogP contribution in [0.1, 0.15) is 18.1 Å². The van der Waals surface area contributed by atoms with Gasteiger partial charge in [-0.05, 0) is 12.0 Å². The lowest BCUT2D eigenvalue weighted by Crippen LogP contribution is -1.92. The molecule has 1 aliphatic rings. The Bertz CT molecular complexity index is 330. The second kappa shape index (κ2) is 4.04. The minimum absolute atomic E-state index is 0.791. The number of hydrogen-bond acceptors (Lipinski definition) is 3. The number of rotatable bonds is 2. The number of halogens is 1. The first kappa shape index (κ1) is 9.58. The third-order valence-electron chi connectivity index (χ3n) is 2.21. The van der Waals surface area contributed by atoms with Gasteiger partial charge in [-0.25, -0.2) is 4.98 Å². The highest BCUT2D eigenvalue weighted by molar-refractivity contribution is 14.2. The maximum Gasteiger partial charge on any atom is 0.217 e. The van der Waals surface area contributed by atoms with Crippen molar-refractivity contribution in [1.82, 2.24) is 4.98 Å². The smallest absolute Gasteiger partial charge is 0.217 e. The van der Waals surface area contributed by atoms with Gasteiger partial charge >= 0.3 is 0 Å². The highest BCUT2D eigenvalue weighted by atomic mass is 127. The lowest BCUT2D eigenvalue weighted by atomic mass is 10.1. The van der Waals surface area contributed by atoms with Crippen molar-refractivity contribution in [1.29, 1.82) is 0 Å². The van der Waals surface area contributed by atoms with Gasteiger partial charge in [0, 0.05) is 44.3 Å². The van der Waals surface area contributed by atoms with Crippen LogP contribution in [0.3, 0.4) is 0 Å². The molecule has 1 aromatic heterocycles. The van der Waals surface area contributed by atoms with Gasteiger partial charge in [0.05, 0.1) is 6.61 Å². The van der Waals surface area contributed by atoms with E-state index in [0.717, 1.165) is 25.3 Å². The summed E-state index contributed by atoms with van der Waals surface area (Å²) in [5.74, 6) is 0.844. The van der Waals surface area contributed by atoms with Crippen LogP contribution in [0.2, 0.25) is 0 Å². The Morgan fingerprint density at radius 3 is 3.23 bits per heavy atom. The molecule has 0 amide bonds. The molecule has 0 saturated carbocycles. The van der Waals surface area contributed by atoms with E-state index in [9.17, 15) is 0 Å². The molecule has 0 atom stereocenters. The van der Waals surface area contributed by atoms with Crippen LogP contribution in [0.5, 0.6) is 5.88 Å². The molecule has 0 aliphatic carbocycles. The minimum Gasteiger partial charge on any atom is -0.477 e. The molecule has 1 aromatic rings. The first-order chi connectivity index (χ1) is 6.36. The zero-order valence-electron chi connectivity index (χ0n) is 7.34. The first-order valence-corrected chi connectivity index (χ1v) is 7.65. The summed E-state index contributed by atoms with van der Waals surface area (Å²) >= 11 is 2.33. The Balaban J connectivity index is 2.53. The number of hydrogen-bond donors (Lipinski definition) is 0. The Labute approximate surface area is 94.1 Å². The van der Waals surface area contributed by atoms with E-state index in [1.807, 2.05) is 6.20 Å². The van der Waals surface area contributed by atoms with Crippen molar-refractivity contribution in [2.45, 2.75) is 24.7 Å². The van der Waals surface area contributed by atoms with Crippen molar-refractivity contribution in [2.24, 2.45) is 0 Å². The van der Waals surface area contributed by atoms with Crippen molar-refractivity contribution in [2.75, 3.05) is 6.61 Å². The van der Waals surface area contributed by atoms with Crippen LogP contribution >= 0.6 is 30.1 Å². The molecule has 2 nitrogen and oxygen atoms in total. The number of nitrogens with zero attached hydrogens (tertiary/aromatic N) is 1. The molecule has 0 unspecified atom stereocenters. The summed E-state index contributed by atoms with van der Waals surface area (Å²) in [7, 11) is 1.78. The van der Waals surface area contributed by atoms with E-state index in [-0.39, 0.29) is 0 Å². The van der Waals surface area contributed by atoms with Crippen LogP contribution in [-0.2, 0) is 12.8 Å². The van der Waals surface area contributed by atoms with Gasteiger partial charge in [-0.1, -0.05) is 15.9 Å². The monoisotopic (exact) mass is 307 g/mol. The molecule has 0 spiro atoms. The van der Waals surface area contributed by atoms with E-state index in [1.54, 1.807) is 8.93 Å². The topological polar surface area (TPSA) is 22.1 Å². The average Bonchev–Trinajstić information content (AvgIpc) is 2.63. The fourth-order valence-corrected chi connectivity index (χ4v) is 3.73. The quantitative estimate of drug-likeness (QED) is 0.784. The van der Waals surface area contributed by atoms with Crippen molar-refractivity contribution in [3.05, 3.63) is 17.3 Å². The number of fused-ring (bicyclic) bond motifs is 1. The summed E-state index contributed by atoms with van der Waals surface area (Å²) < 4.78 is 5.41. The Morgan fingerprint density at radius 2 is 2.54 bits per heavy atom. The molecule has 0 bridgehead atoms. The molecule has 70 valence electrons. The van der Waals surface area contributed by atoms with Crippen LogP contribution in [-0.4, -0.2) is 11.6 Å². The second-order valence-corrected chi connectivity index (χ2v) is 4.81. The van der Waals surface area contributed by atoms with Crippen LogP contribution < -0.4 is 4.74 Å². The fourth-order valence-electron chi connectivity index (χ4n) is 1.51. The van der Waals surface area contributed by atoms with Gasteiger partial charge in [-0.3, -0.25) is 0 Å². The molecule has 13 heavy (non-hydrogen) atoms. The van der Waals surface area contributed by atoms with Gasteiger partial charge in [0.15, 0.2) is 0 Å². The molecule has 0 radical (unpaired) electrons. The molecule has 1 aliphatic heterocycles. The lowest BCUT2D eigenvalue weighted by Gasteiger charge is -2.07. The van der Waals surface area contributed by atoms with E-state index < -0.39 is 0 Å². The van der Waals surface area contributed by atoms with Crippen LogP contribution in [0.15, 0.2) is 11.1 Å². The molecule has 0 N–H and O–H groups in total. The average molecular weight is 307 g/mol. The van der Waals surface area contributed by atoms with Gasteiger partial charge in [-0.2, -0.15) is 0 Å². The van der Waals surface area contributed by atoms with E-state index in [0.29, 0.717) is 0 Å². The number of aromatic nitrogens is 1. The SMILES string of the molecule is CCc1cnc2c(c1SI)CCO2. The van der Waals surface area contributed by atoms with Crippen LogP contribution in [0.4, 0.5) is 0 Å². The van der Waals surface area contributed by atoms with E-state index in [2.05, 4.69) is 33.1 Å². The summed E-state index contributed by atoms with van der Waals surface area (Å²) in [5.41, 5.74) is 2.64. The van der Waals surface area contributed by atoms with Crippen molar-refractivity contribution >= 4 is 30.1 Å². The van der Waals surface area contributed by atoms with Gasteiger partial charge in [0.2, 0.25) is 5.88 Å². The summed E-state index contributed by atoms with van der Waals surface area (Å²) in [6.07, 6.45) is 4.00. The summed E-state index contributed by atoms with van der Waals surface area (Å²) in [5, 5.41) is 0. The first-order valence-electron chi connectivity index (χ1n) is 4.29. The predicted octanol–water partition coefficient (Wildman–Crippen LogP) is 3.02. The third-order valence-corrected chi connectivity index (χ3v) is 4.19. The normalized spacial score (nSPS) is 14.0. The highest BCUT2D eigenvalue weighted by Gasteiger charge is 2.19. The largest absolute Gasteiger partial charge is 0.477 e. The van der Waals surface area contributed by atoms with Gasteiger partial charge in [-0.15, -0.1) is 0 Å². The van der Waals surface area contributed by atoms with Gasteiger partial charge in [0.1, 0.15) is 0 Å². The second-order valence-electron chi connectivity index (χ2n) is 2.93. The molecular weight excluding hydrogens is 297 g/mol. The van der Waals surface area contributed by atoms with Crippen molar-refractivity contribution < 1.29 is 4.74 Å². The summed E-state index contributed by atoms with van der Waals surface area (Å²) in [6, 6.07) is 0. The third kappa shape index (κ3) is 1.66. The van der Waals surface area contributed by atoms with Crippen LogP contribution in [0.25, 0.3) is 0 Å². The van der Waals surface area contributed by atoms with Crippen molar-refractivity contribution in [3.63, 3.8) is 0 Å². The van der Waals surface area contributed by atoms with Crippen molar-refractivity contribution in [3.8, 4) is 5.88 Å². The molecule has 2 heterocycles. The van der Waals surface area contributed by atoms with E-state index in [1.165, 1.54) is 16.0 Å². The standard InChI is InChI=1S/C9H10INOS/c1-2-6-5-11-9-7(3-4-12-9)8(6)13-10/h5H,2-4H2,1H3. The van der Waals surface area contributed by atoms with Gasteiger partial charge in [0.25, 0.3) is 0 Å². The zero-order valence-corrected chi connectivity index (χ0v) is 10.3.